The highest BCUT2D eigenvalue weighted by Crippen LogP contribution is 2.29. The quantitative estimate of drug-likeness (QED) is 0.875. The maximum absolute atomic E-state index is 6.13. The van der Waals surface area contributed by atoms with Crippen molar-refractivity contribution in [1.82, 2.24) is 0 Å². The molecule has 0 bridgehead atoms. The molecule has 0 saturated heterocycles. The fourth-order valence-corrected chi connectivity index (χ4v) is 2.86. The number of hydrogen-bond donors (Lipinski definition) is 1. The van der Waals surface area contributed by atoms with Crippen LogP contribution < -0.4 is 5.73 Å². The van der Waals surface area contributed by atoms with Crippen LogP contribution in [0.1, 0.15) is 30.9 Å². The van der Waals surface area contributed by atoms with Crippen LogP contribution in [0.15, 0.2) is 22.7 Å². The molecule has 1 aromatic carbocycles. The van der Waals surface area contributed by atoms with Crippen LogP contribution in [0.25, 0.3) is 0 Å². The third-order valence-electron chi connectivity index (χ3n) is 3.51. The third-order valence-corrected chi connectivity index (χ3v) is 4.01. The van der Waals surface area contributed by atoms with Crippen LogP contribution in [-0.2, 0) is 12.8 Å². The van der Waals surface area contributed by atoms with Gasteiger partial charge >= 0.3 is 0 Å². The van der Waals surface area contributed by atoms with Crippen molar-refractivity contribution >= 4 is 15.9 Å². The topological polar surface area (TPSA) is 26.0 Å². The molecule has 2 N–H and O–H groups in total. The van der Waals surface area contributed by atoms with Gasteiger partial charge in [0.15, 0.2) is 0 Å². The summed E-state index contributed by atoms with van der Waals surface area (Å²) in [4.78, 5) is 0. The predicted octanol–water partition coefficient (Wildman–Crippen LogP) is 3.29. The summed E-state index contributed by atoms with van der Waals surface area (Å²) >= 11 is 3.52. The fraction of sp³-hybridized carbons (Fsp3) is 0.538. The van der Waals surface area contributed by atoms with Crippen LogP contribution in [0, 0.1) is 5.92 Å². The standard InChI is InChI=1S/C13H18BrN/c1-2-13(15)11-4-3-10-8-12(14)6-5-9(10)7-11/h5-6,8,11,13H,2-4,7,15H2,1H3. The summed E-state index contributed by atoms with van der Waals surface area (Å²) in [6, 6.07) is 7.01. The minimum absolute atomic E-state index is 0.377. The van der Waals surface area contributed by atoms with Crippen molar-refractivity contribution in [2.24, 2.45) is 11.7 Å². The summed E-state index contributed by atoms with van der Waals surface area (Å²) in [5, 5.41) is 0. The molecule has 2 rings (SSSR count). The highest BCUT2D eigenvalue weighted by atomic mass is 79.9. The molecular formula is C13H18BrN. The van der Waals surface area contributed by atoms with E-state index in [4.69, 9.17) is 5.73 Å². The Balaban J connectivity index is 2.16. The van der Waals surface area contributed by atoms with Crippen molar-refractivity contribution in [2.75, 3.05) is 0 Å². The van der Waals surface area contributed by atoms with Gasteiger partial charge in [0.1, 0.15) is 0 Å². The lowest BCUT2D eigenvalue weighted by Crippen LogP contribution is -2.33. The van der Waals surface area contributed by atoms with Crippen molar-refractivity contribution in [1.29, 1.82) is 0 Å². The van der Waals surface area contributed by atoms with Crippen LogP contribution in [0.4, 0.5) is 0 Å². The fourth-order valence-electron chi connectivity index (χ4n) is 2.45. The molecule has 0 fully saturated rings. The van der Waals surface area contributed by atoms with Gasteiger partial charge in [-0.25, -0.2) is 0 Å². The Kier molecular flexibility index (Phi) is 3.47. The zero-order chi connectivity index (χ0) is 10.8. The predicted molar refractivity (Wildman–Crippen MR) is 67.9 cm³/mol. The molecule has 1 aliphatic rings. The number of rotatable bonds is 2. The van der Waals surface area contributed by atoms with E-state index in [0.717, 1.165) is 12.8 Å². The highest BCUT2D eigenvalue weighted by Gasteiger charge is 2.22. The summed E-state index contributed by atoms with van der Waals surface area (Å²) in [6.07, 6.45) is 4.69. The lowest BCUT2D eigenvalue weighted by atomic mass is 9.79. The van der Waals surface area contributed by atoms with E-state index in [-0.39, 0.29) is 0 Å². The van der Waals surface area contributed by atoms with Crippen molar-refractivity contribution in [3.8, 4) is 0 Å². The van der Waals surface area contributed by atoms with E-state index in [1.54, 1.807) is 0 Å². The molecule has 2 unspecified atom stereocenters. The Bertz CT molecular complexity index is 348. The van der Waals surface area contributed by atoms with Crippen molar-refractivity contribution in [2.45, 2.75) is 38.6 Å². The molecule has 2 atom stereocenters. The van der Waals surface area contributed by atoms with E-state index < -0.39 is 0 Å². The maximum Gasteiger partial charge on any atom is 0.0178 e. The van der Waals surface area contributed by atoms with Crippen LogP contribution in [-0.4, -0.2) is 6.04 Å². The van der Waals surface area contributed by atoms with Gasteiger partial charge in [0.2, 0.25) is 0 Å². The number of nitrogens with two attached hydrogens (primary N) is 1. The normalized spacial score (nSPS) is 22.2. The Morgan fingerprint density at radius 3 is 3.00 bits per heavy atom. The van der Waals surface area contributed by atoms with E-state index in [0.29, 0.717) is 12.0 Å². The number of halogens is 1. The van der Waals surface area contributed by atoms with Gasteiger partial charge in [0.05, 0.1) is 0 Å². The molecule has 0 spiro atoms. The first-order valence-electron chi connectivity index (χ1n) is 5.73. The molecule has 0 amide bonds. The lowest BCUT2D eigenvalue weighted by molar-refractivity contribution is 0.367. The molecule has 0 aliphatic heterocycles. The average Bonchev–Trinajstić information content (AvgIpc) is 2.27. The second-order valence-corrected chi connectivity index (χ2v) is 5.40. The molecule has 82 valence electrons. The Hall–Kier alpha value is -0.340. The van der Waals surface area contributed by atoms with E-state index >= 15 is 0 Å². The maximum atomic E-state index is 6.13. The van der Waals surface area contributed by atoms with E-state index in [2.05, 4.69) is 41.1 Å². The summed E-state index contributed by atoms with van der Waals surface area (Å²) in [5.74, 6) is 0.684. The first-order chi connectivity index (χ1) is 7.20. The van der Waals surface area contributed by atoms with Crippen LogP contribution >= 0.6 is 15.9 Å². The van der Waals surface area contributed by atoms with E-state index in [1.807, 2.05) is 0 Å². The summed E-state index contributed by atoms with van der Waals surface area (Å²) in [6.45, 7) is 2.18. The number of benzene rings is 1. The van der Waals surface area contributed by atoms with Gasteiger partial charge in [-0.2, -0.15) is 0 Å². The van der Waals surface area contributed by atoms with Gasteiger partial charge in [-0.1, -0.05) is 28.9 Å². The third kappa shape index (κ3) is 2.43. The molecule has 1 aliphatic carbocycles. The molecular weight excluding hydrogens is 250 g/mol. The Labute approximate surface area is 100 Å². The van der Waals surface area contributed by atoms with Crippen molar-refractivity contribution < 1.29 is 0 Å². The lowest BCUT2D eigenvalue weighted by Gasteiger charge is -2.28. The zero-order valence-electron chi connectivity index (χ0n) is 9.17. The van der Waals surface area contributed by atoms with Gasteiger partial charge in [0.25, 0.3) is 0 Å². The summed E-state index contributed by atoms with van der Waals surface area (Å²) in [7, 11) is 0. The summed E-state index contributed by atoms with van der Waals surface area (Å²) < 4.78 is 1.19. The molecule has 0 radical (unpaired) electrons. The average molecular weight is 268 g/mol. The second kappa shape index (κ2) is 4.67. The van der Waals surface area contributed by atoms with E-state index in [1.165, 1.54) is 28.4 Å². The van der Waals surface area contributed by atoms with Gasteiger partial charge in [-0.05, 0) is 54.9 Å². The zero-order valence-corrected chi connectivity index (χ0v) is 10.8. The minimum atomic E-state index is 0.377. The first kappa shape index (κ1) is 11.2. The van der Waals surface area contributed by atoms with Gasteiger partial charge in [-0.15, -0.1) is 0 Å². The molecule has 15 heavy (non-hydrogen) atoms. The van der Waals surface area contributed by atoms with Crippen LogP contribution in [0.3, 0.4) is 0 Å². The molecule has 0 aromatic heterocycles. The van der Waals surface area contributed by atoms with Gasteiger partial charge < -0.3 is 5.73 Å². The van der Waals surface area contributed by atoms with E-state index in [9.17, 15) is 0 Å². The number of fused-ring (bicyclic) bond motifs is 1. The molecule has 1 aromatic rings. The molecule has 1 nitrogen and oxygen atoms in total. The van der Waals surface area contributed by atoms with Crippen molar-refractivity contribution in [3.63, 3.8) is 0 Å². The first-order valence-corrected chi connectivity index (χ1v) is 6.53. The summed E-state index contributed by atoms with van der Waals surface area (Å²) in [5.41, 5.74) is 9.13. The Morgan fingerprint density at radius 2 is 2.27 bits per heavy atom. The monoisotopic (exact) mass is 267 g/mol. The van der Waals surface area contributed by atoms with Crippen LogP contribution in [0.2, 0.25) is 0 Å². The van der Waals surface area contributed by atoms with Crippen LogP contribution in [0.5, 0.6) is 0 Å². The largest absolute Gasteiger partial charge is 0.327 e. The number of aryl methyl sites for hydroxylation is 1. The highest BCUT2D eigenvalue weighted by molar-refractivity contribution is 9.10. The second-order valence-electron chi connectivity index (χ2n) is 4.49. The molecule has 0 heterocycles. The van der Waals surface area contributed by atoms with Gasteiger partial charge in [-0.3, -0.25) is 0 Å². The molecule has 0 saturated carbocycles. The Morgan fingerprint density at radius 1 is 1.47 bits per heavy atom. The molecule has 2 heteroatoms. The smallest absolute Gasteiger partial charge is 0.0178 e. The number of hydrogen-bond acceptors (Lipinski definition) is 1. The SMILES string of the molecule is CCC(N)C1CCc2cc(Br)ccc2C1. The van der Waals surface area contributed by atoms with Gasteiger partial charge in [0, 0.05) is 10.5 Å². The van der Waals surface area contributed by atoms with Crippen molar-refractivity contribution in [3.05, 3.63) is 33.8 Å². The minimum Gasteiger partial charge on any atom is -0.327 e.